The average molecular weight is 251 g/mol. The molecule has 0 spiro atoms. The van der Waals surface area contributed by atoms with E-state index in [9.17, 15) is 0 Å². The summed E-state index contributed by atoms with van der Waals surface area (Å²) < 4.78 is 0. The maximum Gasteiger partial charge on any atom is 0.0607 e. The van der Waals surface area contributed by atoms with Crippen LogP contribution in [0.15, 0.2) is 18.2 Å². The Bertz CT molecular complexity index is 360. The molecule has 0 heterocycles. The zero-order valence-corrected chi connectivity index (χ0v) is 11.6. The largest absolute Gasteiger partial charge is 0.395 e. The monoisotopic (exact) mass is 251 g/mol. The van der Waals surface area contributed by atoms with Crippen LogP contribution in [0.1, 0.15) is 36.5 Å². The minimum absolute atomic E-state index is 0.0263. The molecule has 0 radical (unpaired) electrons. The van der Waals surface area contributed by atoms with Crippen molar-refractivity contribution >= 4 is 0 Å². The zero-order chi connectivity index (χ0) is 13.5. The number of aryl methyl sites for hydroxylation is 1. The lowest BCUT2D eigenvalue weighted by Crippen LogP contribution is -2.37. The van der Waals surface area contributed by atoms with Gasteiger partial charge in [-0.15, -0.1) is 0 Å². The van der Waals surface area contributed by atoms with Crippen LogP contribution in [0.4, 0.5) is 0 Å². The molecular formula is C15H25NO2. The predicted molar refractivity (Wildman–Crippen MR) is 74.9 cm³/mol. The van der Waals surface area contributed by atoms with E-state index in [-0.39, 0.29) is 19.3 Å². The van der Waals surface area contributed by atoms with Gasteiger partial charge in [0.1, 0.15) is 0 Å². The third kappa shape index (κ3) is 4.41. The summed E-state index contributed by atoms with van der Waals surface area (Å²) in [4.78, 5) is 0. The molecule has 0 aliphatic carbocycles. The fourth-order valence-corrected chi connectivity index (χ4v) is 1.92. The Morgan fingerprint density at radius 1 is 1.17 bits per heavy atom. The van der Waals surface area contributed by atoms with Crippen molar-refractivity contribution in [2.24, 2.45) is 0 Å². The topological polar surface area (TPSA) is 52.5 Å². The highest BCUT2D eigenvalue weighted by molar-refractivity contribution is 5.32. The third-order valence-corrected chi connectivity index (χ3v) is 3.31. The second-order valence-electron chi connectivity index (χ2n) is 5.11. The van der Waals surface area contributed by atoms with Gasteiger partial charge < -0.3 is 15.5 Å². The summed E-state index contributed by atoms with van der Waals surface area (Å²) in [5, 5.41) is 21.1. The molecule has 3 heteroatoms. The van der Waals surface area contributed by atoms with Gasteiger partial charge in [0.05, 0.1) is 19.3 Å². The molecule has 18 heavy (non-hydrogen) atoms. The van der Waals surface area contributed by atoms with Crippen molar-refractivity contribution in [2.45, 2.75) is 39.2 Å². The van der Waals surface area contributed by atoms with Crippen LogP contribution in [0.3, 0.4) is 0 Å². The first kappa shape index (κ1) is 15.2. The summed E-state index contributed by atoms with van der Waals surface area (Å²) in [6.45, 7) is 7.23. The van der Waals surface area contributed by atoms with E-state index < -0.39 is 0 Å². The number of benzene rings is 1. The predicted octanol–water partition coefficient (Wildman–Crippen LogP) is 1.60. The molecule has 0 fully saturated rings. The molecule has 3 nitrogen and oxygen atoms in total. The Balaban J connectivity index is 2.58. The maximum atomic E-state index is 8.97. The van der Waals surface area contributed by atoms with Crippen LogP contribution >= 0.6 is 0 Å². The summed E-state index contributed by atoms with van der Waals surface area (Å²) in [7, 11) is 0. The van der Waals surface area contributed by atoms with Crippen molar-refractivity contribution in [2.75, 3.05) is 19.8 Å². The molecule has 0 atom stereocenters. The van der Waals surface area contributed by atoms with Crippen molar-refractivity contribution in [1.29, 1.82) is 0 Å². The summed E-state index contributed by atoms with van der Waals surface area (Å²) >= 11 is 0. The summed E-state index contributed by atoms with van der Waals surface area (Å²) in [5.74, 6) is 0.542. The van der Waals surface area contributed by atoms with E-state index in [4.69, 9.17) is 10.2 Å². The fraction of sp³-hybridized carbons (Fsp3) is 0.600. The average Bonchev–Trinajstić information content (AvgIpc) is 2.36. The quantitative estimate of drug-likeness (QED) is 0.690. The van der Waals surface area contributed by atoms with Crippen LogP contribution in [0.5, 0.6) is 0 Å². The standard InChI is InChI=1S/C15H25NO2/c1-11(2)13-5-4-12(3)14(8-13)6-7-16-15(9-17)10-18/h4-5,8,11,15-18H,6-7,9-10H2,1-3H3. The number of nitrogens with one attached hydrogen (secondary N) is 1. The Morgan fingerprint density at radius 2 is 1.83 bits per heavy atom. The van der Waals surface area contributed by atoms with E-state index >= 15 is 0 Å². The Labute approximate surface area is 110 Å². The van der Waals surface area contributed by atoms with Gasteiger partial charge in [-0.05, 0) is 42.5 Å². The molecule has 0 amide bonds. The first-order valence-corrected chi connectivity index (χ1v) is 6.63. The van der Waals surface area contributed by atoms with Crippen molar-refractivity contribution in [3.63, 3.8) is 0 Å². The first-order chi connectivity index (χ1) is 8.58. The molecule has 0 saturated heterocycles. The molecule has 0 aliphatic heterocycles. The molecule has 102 valence electrons. The second-order valence-corrected chi connectivity index (χ2v) is 5.11. The molecule has 0 aliphatic rings. The smallest absolute Gasteiger partial charge is 0.0607 e. The Hall–Kier alpha value is -0.900. The molecule has 0 unspecified atom stereocenters. The van der Waals surface area contributed by atoms with Gasteiger partial charge in [0.25, 0.3) is 0 Å². The molecule has 1 aromatic carbocycles. The van der Waals surface area contributed by atoms with Gasteiger partial charge in [0.15, 0.2) is 0 Å². The van der Waals surface area contributed by atoms with Crippen molar-refractivity contribution < 1.29 is 10.2 Å². The van der Waals surface area contributed by atoms with E-state index in [2.05, 4.69) is 44.3 Å². The molecule has 0 saturated carbocycles. The van der Waals surface area contributed by atoms with Gasteiger partial charge in [-0.25, -0.2) is 0 Å². The first-order valence-electron chi connectivity index (χ1n) is 6.63. The zero-order valence-electron chi connectivity index (χ0n) is 11.6. The molecular weight excluding hydrogens is 226 g/mol. The van der Waals surface area contributed by atoms with Gasteiger partial charge in [0, 0.05) is 0 Å². The normalized spacial score (nSPS) is 11.5. The number of aliphatic hydroxyl groups excluding tert-OH is 2. The third-order valence-electron chi connectivity index (χ3n) is 3.31. The number of hydrogen-bond donors (Lipinski definition) is 3. The van der Waals surface area contributed by atoms with Crippen LogP contribution in [-0.2, 0) is 6.42 Å². The highest BCUT2D eigenvalue weighted by Gasteiger charge is 2.06. The highest BCUT2D eigenvalue weighted by Crippen LogP contribution is 2.18. The summed E-state index contributed by atoms with van der Waals surface area (Å²) in [5.41, 5.74) is 3.99. The second kappa shape index (κ2) is 7.52. The van der Waals surface area contributed by atoms with Crippen LogP contribution in [0.25, 0.3) is 0 Å². The van der Waals surface area contributed by atoms with Crippen molar-refractivity contribution in [1.82, 2.24) is 5.32 Å². The molecule has 0 bridgehead atoms. The molecule has 1 aromatic rings. The minimum Gasteiger partial charge on any atom is -0.395 e. The van der Waals surface area contributed by atoms with E-state index in [0.717, 1.165) is 13.0 Å². The highest BCUT2D eigenvalue weighted by atomic mass is 16.3. The van der Waals surface area contributed by atoms with E-state index in [1.165, 1.54) is 16.7 Å². The Kier molecular flexibility index (Phi) is 6.33. The minimum atomic E-state index is -0.210. The lowest BCUT2D eigenvalue weighted by molar-refractivity contribution is 0.171. The van der Waals surface area contributed by atoms with E-state index in [0.29, 0.717) is 5.92 Å². The number of hydrogen-bond acceptors (Lipinski definition) is 3. The number of aliphatic hydroxyl groups is 2. The summed E-state index contributed by atoms with van der Waals surface area (Å²) in [6, 6.07) is 6.40. The molecule has 0 aromatic heterocycles. The van der Waals surface area contributed by atoms with Gasteiger partial charge in [-0.1, -0.05) is 32.0 Å². The van der Waals surface area contributed by atoms with Crippen molar-refractivity contribution in [3.05, 3.63) is 34.9 Å². The SMILES string of the molecule is Cc1ccc(C(C)C)cc1CCNC(CO)CO. The van der Waals surface area contributed by atoms with Gasteiger partial charge >= 0.3 is 0 Å². The molecule has 1 rings (SSSR count). The lowest BCUT2D eigenvalue weighted by Gasteiger charge is -2.15. The van der Waals surface area contributed by atoms with E-state index in [1.807, 2.05) is 0 Å². The Morgan fingerprint density at radius 3 is 2.39 bits per heavy atom. The number of rotatable bonds is 7. The maximum absolute atomic E-state index is 8.97. The summed E-state index contributed by atoms with van der Waals surface area (Å²) in [6.07, 6.45) is 0.920. The van der Waals surface area contributed by atoms with E-state index in [1.54, 1.807) is 0 Å². The van der Waals surface area contributed by atoms with Gasteiger partial charge in [-0.2, -0.15) is 0 Å². The van der Waals surface area contributed by atoms with Crippen LogP contribution in [-0.4, -0.2) is 36.0 Å². The molecule has 3 N–H and O–H groups in total. The van der Waals surface area contributed by atoms with Crippen molar-refractivity contribution in [3.8, 4) is 0 Å². The van der Waals surface area contributed by atoms with Crippen LogP contribution in [0.2, 0.25) is 0 Å². The van der Waals surface area contributed by atoms with Crippen LogP contribution in [0, 0.1) is 6.92 Å². The van der Waals surface area contributed by atoms with Gasteiger partial charge in [-0.3, -0.25) is 0 Å². The van der Waals surface area contributed by atoms with Gasteiger partial charge in [0.2, 0.25) is 0 Å². The fourth-order valence-electron chi connectivity index (χ4n) is 1.92. The van der Waals surface area contributed by atoms with Crippen LogP contribution < -0.4 is 5.32 Å². The lowest BCUT2D eigenvalue weighted by atomic mass is 9.96.